The van der Waals surface area contributed by atoms with E-state index in [-0.39, 0.29) is 23.1 Å². The molecule has 1 aliphatic rings. The Morgan fingerprint density at radius 2 is 1.93 bits per heavy atom. The lowest BCUT2D eigenvalue weighted by Crippen LogP contribution is -2.42. The Hall–Kier alpha value is -2.63. The first-order chi connectivity index (χ1) is 13.6. The Morgan fingerprint density at radius 3 is 2.68 bits per heavy atom. The van der Waals surface area contributed by atoms with E-state index < -0.39 is 11.9 Å². The number of carbonyl (C=O) groups excluding carboxylic acids is 2. The third-order valence-electron chi connectivity index (χ3n) is 4.11. The van der Waals surface area contributed by atoms with Crippen LogP contribution in [0.1, 0.15) is 16.1 Å². The highest BCUT2D eigenvalue weighted by Gasteiger charge is 2.18. The largest absolute Gasteiger partial charge is 0.379 e. The maximum atomic E-state index is 12.9. The number of anilines is 1. The topological polar surface area (TPSA) is 108 Å². The van der Waals surface area contributed by atoms with E-state index in [9.17, 15) is 14.0 Å². The molecule has 1 aromatic carbocycles. The Kier molecular flexibility index (Phi) is 7.23. The summed E-state index contributed by atoms with van der Waals surface area (Å²) in [5.74, 6) is -0.813. The summed E-state index contributed by atoms with van der Waals surface area (Å²) in [5.41, 5.74) is 0.781. The minimum Gasteiger partial charge on any atom is -0.379 e. The van der Waals surface area contributed by atoms with Gasteiger partial charge in [0.25, 0.3) is 5.91 Å². The molecule has 3 N–H and O–H groups in total. The van der Waals surface area contributed by atoms with E-state index >= 15 is 0 Å². The molecule has 0 saturated carbocycles. The summed E-state index contributed by atoms with van der Waals surface area (Å²) in [7, 11) is 0. The highest BCUT2D eigenvalue weighted by Crippen LogP contribution is 2.17. The van der Waals surface area contributed by atoms with Crippen molar-refractivity contribution in [1.29, 1.82) is 0 Å². The summed E-state index contributed by atoms with van der Waals surface area (Å²) >= 11 is 0.921. The number of carbonyl (C=O) groups is 2. The molecule has 1 aromatic heterocycles. The third kappa shape index (κ3) is 5.94. The number of halogens is 1. The van der Waals surface area contributed by atoms with Crippen molar-refractivity contribution in [3.8, 4) is 0 Å². The highest BCUT2D eigenvalue weighted by molar-refractivity contribution is 7.10. The second-order valence-corrected chi connectivity index (χ2v) is 6.85. The summed E-state index contributed by atoms with van der Waals surface area (Å²) in [5, 5.41) is 12.1. The van der Waals surface area contributed by atoms with Crippen molar-refractivity contribution in [2.24, 2.45) is 0 Å². The second-order valence-electron chi connectivity index (χ2n) is 6.09. The Labute approximate surface area is 165 Å². The number of hydrogen-bond donors (Lipinski definition) is 3. The van der Waals surface area contributed by atoms with Crippen LogP contribution in [0.15, 0.2) is 24.3 Å². The summed E-state index contributed by atoms with van der Waals surface area (Å²) in [6, 6.07) is 5.37. The highest BCUT2D eigenvalue weighted by atomic mass is 32.1. The smallest absolute Gasteiger partial charge is 0.319 e. The lowest BCUT2D eigenvalue weighted by atomic mass is 10.2. The number of nitrogens with zero attached hydrogens (tertiary/aromatic N) is 3. The molecule has 0 bridgehead atoms. The van der Waals surface area contributed by atoms with Crippen LogP contribution in [-0.4, -0.2) is 65.8 Å². The van der Waals surface area contributed by atoms with Crippen molar-refractivity contribution < 1.29 is 18.7 Å². The van der Waals surface area contributed by atoms with Crippen molar-refractivity contribution in [1.82, 2.24) is 25.1 Å². The van der Waals surface area contributed by atoms with E-state index in [0.29, 0.717) is 19.8 Å². The van der Waals surface area contributed by atoms with Gasteiger partial charge in [0.1, 0.15) is 5.82 Å². The quantitative estimate of drug-likeness (QED) is 0.632. The molecular formula is C17H21FN6O3S. The average Bonchev–Trinajstić information content (AvgIpc) is 3.16. The molecule has 150 valence electrons. The number of morpholine rings is 1. The lowest BCUT2D eigenvalue weighted by Gasteiger charge is -2.26. The molecule has 0 spiro atoms. The van der Waals surface area contributed by atoms with Crippen LogP contribution in [-0.2, 0) is 11.3 Å². The SMILES string of the molecule is O=C(NCCN1CCOCC1)Nc1snnc1C(=O)NCc1ccc(F)cc1. The third-order valence-corrected chi connectivity index (χ3v) is 4.76. The number of rotatable bonds is 7. The summed E-state index contributed by atoms with van der Waals surface area (Å²) in [6.45, 7) is 4.51. The molecule has 11 heteroatoms. The summed E-state index contributed by atoms with van der Waals surface area (Å²) in [6.07, 6.45) is 0. The van der Waals surface area contributed by atoms with Gasteiger partial charge in [0.15, 0.2) is 10.7 Å². The fraction of sp³-hybridized carbons (Fsp3) is 0.412. The molecule has 3 amide bonds. The zero-order valence-corrected chi connectivity index (χ0v) is 15.9. The predicted octanol–water partition coefficient (Wildman–Crippen LogP) is 1.06. The van der Waals surface area contributed by atoms with Gasteiger partial charge in [0.2, 0.25) is 0 Å². The first-order valence-electron chi connectivity index (χ1n) is 8.82. The molecule has 0 aliphatic carbocycles. The molecule has 0 unspecified atom stereocenters. The van der Waals surface area contributed by atoms with Gasteiger partial charge in [0.05, 0.1) is 13.2 Å². The monoisotopic (exact) mass is 408 g/mol. The predicted molar refractivity (Wildman–Crippen MR) is 102 cm³/mol. The Bertz CT molecular complexity index is 794. The van der Waals surface area contributed by atoms with Gasteiger partial charge >= 0.3 is 6.03 Å². The normalized spacial score (nSPS) is 14.5. The summed E-state index contributed by atoms with van der Waals surface area (Å²) in [4.78, 5) is 26.6. The first kappa shape index (κ1) is 20.1. The number of aromatic nitrogens is 2. The van der Waals surface area contributed by atoms with Crippen molar-refractivity contribution >= 4 is 28.5 Å². The molecule has 2 heterocycles. The van der Waals surface area contributed by atoms with Crippen molar-refractivity contribution in [3.05, 3.63) is 41.3 Å². The number of benzene rings is 1. The molecule has 28 heavy (non-hydrogen) atoms. The number of hydrogen-bond acceptors (Lipinski definition) is 7. The van der Waals surface area contributed by atoms with Gasteiger partial charge in [-0.1, -0.05) is 16.6 Å². The number of nitrogens with one attached hydrogen (secondary N) is 3. The first-order valence-corrected chi connectivity index (χ1v) is 9.59. The van der Waals surface area contributed by atoms with E-state index in [1.807, 2.05) is 0 Å². The number of ether oxygens (including phenoxy) is 1. The van der Waals surface area contributed by atoms with E-state index in [1.165, 1.54) is 12.1 Å². The van der Waals surface area contributed by atoms with Crippen LogP contribution < -0.4 is 16.0 Å². The van der Waals surface area contributed by atoms with Crippen LogP contribution in [0.3, 0.4) is 0 Å². The average molecular weight is 408 g/mol. The maximum Gasteiger partial charge on any atom is 0.319 e. The molecule has 3 rings (SSSR count). The Balaban J connectivity index is 1.44. The fourth-order valence-electron chi connectivity index (χ4n) is 2.59. The summed E-state index contributed by atoms with van der Waals surface area (Å²) < 4.78 is 21.9. The fourth-order valence-corrected chi connectivity index (χ4v) is 3.15. The van der Waals surface area contributed by atoms with Gasteiger partial charge in [-0.15, -0.1) is 5.10 Å². The van der Waals surface area contributed by atoms with Crippen LogP contribution in [0.4, 0.5) is 14.2 Å². The van der Waals surface area contributed by atoms with Crippen molar-refractivity contribution in [2.45, 2.75) is 6.54 Å². The standard InChI is InChI=1S/C17H21FN6O3S/c18-13-3-1-12(2-4-13)11-20-15(25)14-16(28-23-22-14)21-17(26)19-5-6-24-7-9-27-10-8-24/h1-4H,5-11H2,(H,20,25)(H2,19,21,26). The molecule has 1 fully saturated rings. The molecule has 0 atom stereocenters. The van der Waals surface area contributed by atoms with Gasteiger partial charge < -0.3 is 15.4 Å². The minimum absolute atomic E-state index is 0.0374. The molecule has 1 aliphatic heterocycles. The van der Waals surface area contributed by atoms with Crippen LogP contribution in [0.5, 0.6) is 0 Å². The van der Waals surface area contributed by atoms with E-state index in [4.69, 9.17) is 4.74 Å². The second kappa shape index (κ2) is 10.1. The minimum atomic E-state index is -0.471. The van der Waals surface area contributed by atoms with Crippen LogP contribution in [0, 0.1) is 5.82 Å². The van der Waals surface area contributed by atoms with Gasteiger partial charge in [-0.25, -0.2) is 9.18 Å². The van der Waals surface area contributed by atoms with E-state index in [0.717, 1.165) is 36.7 Å². The number of urea groups is 1. The zero-order chi connectivity index (χ0) is 19.8. The van der Waals surface area contributed by atoms with Crippen LogP contribution in [0.2, 0.25) is 0 Å². The molecule has 2 aromatic rings. The molecule has 0 radical (unpaired) electrons. The van der Waals surface area contributed by atoms with Gasteiger partial charge in [0, 0.05) is 44.3 Å². The van der Waals surface area contributed by atoms with Crippen molar-refractivity contribution in [2.75, 3.05) is 44.7 Å². The van der Waals surface area contributed by atoms with E-state index in [2.05, 4.69) is 30.4 Å². The zero-order valence-electron chi connectivity index (χ0n) is 15.1. The van der Waals surface area contributed by atoms with E-state index in [1.54, 1.807) is 12.1 Å². The van der Waals surface area contributed by atoms with Gasteiger partial charge in [-0.3, -0.25) is 15.0 Å². The lowest BCUT2D eigenvalue weighted by molar-refractivity contribution is 0.0388. The van der Waals surface area contributed by atoms with Crippen LogP contribution in [0.25, 0.3) is 0 Å². The maximum absolute atomic E-state index is 12.9. The van der Waals surface area contributed by atoms with Gasteiger partial charge in [-0.05, 0) is 17.7 Å². The molecular weight excluding hydrogens is 387 g/mol. The number of amides is 3. The molecule has 1 saturated heterocycles. The van der Waals surface area contributed by atoms with Crippen molar-refractivity contribution in [3.63, 3.8) is 0 Å². The Morgan fingerprint density at radius 1 is 1.18 bits per heavy atom. The van der Waals surface area contributed by atoms with Crippen LogP contribution >= 0.6 is 11.5 Å². The molecule has 9 nitrogen and oxygen atoms in total. The van der Waals surface area contributed by atoms with Gasteiger partial charge in [-0.2, -0.15) is 0 Å².